The largest absolute Gasteiger partial charge is 0.375 e. The van der Waals surface area contributed by atoms with Crippen LogP contribution in [0.1, 0.15) is 18.9 Å². The van der Waals surface area contributed by atoms with Crippen LogP contribution in [0.3, 0.4) is 0 Å². The van der Waals surface area contributed by atoms with Gasteiger partial charge in [0.2, 0.25) is 5.91 Å². The molecule has 0 aliphatic rings. The van der Waals surface area contributed by atoms with Crippen molar-refractivity contribution in [2.45, 2.75) is 20.0 Å². The smallest absolute Gasteiger partial charge is 0.222 e. The van der Waals surface area contributed by atoms with Crippen molar-refractivity contribution in [2.75, 3.05) is 20.2 Å². The Morgan fingerprint density at radius 1 is 1.31 bits per heavy atom. The Labute approximate surface area is 97.0 Å². The van der Waals surface area contributed by atoms with Gasteiger partial charge in [0, 0.05) is 20.0 Å². The molecule has 0 saturated heterocycles. The molecule has 0 unspecified atom stereocenters. The van der Waals surface area contributed by atoms with Crippen LogP contribution in [0.4, 0.5) is 0 Å². The highest BCUT2D eigenvalue weighted by molar-refractivity contribution is 5.75. The Hall–Kier alpha value is -1.35. The van der Waals surface area contributed by atoms with E-state index in [1.165, 1.54) is 0 Å². The van der Waals surface area contributed by atoms with E-state index in [4.69, 9.17) is 4.74 Å². The molecule has 0 saturated carbocycles. The normalized spacial score (nSPS) is 10.1. The third-order valence-electron chi connectivity index (χ3n) is 2.41. The lowest BCUT2D eigenvalue weighted by atomic mass is 10.2. The molecule has 0 aromatic heterocycles. The molecule has 88 valence electrons. The zero-order valence-electron chi connectivity index (χ0n) is 9.98. The van der Waals surface area contributed by atoms with Crippen LogP contribution in [-0.4, -0.2) is 31.0 Å². The van der Waals surface area contributed by atoms with E-state index in [0.717, 1.165) is 5.56 Å². The van der Waals surface area contributed by atoms with Crippen molar-refractivity contribution in [1.29, 1.82) is 0 Å². The van der Waals surface area contributed by atoms with Gasteiger partial charge in [-0.3, -0.25) is 4.79 Å². The summed E-state index contributed by atoms with van der Waals surface area (Å²) in [6.45, 7) is 3.70. The molecule has 1 aromatic carbocycles. The van der Waals surface area contributed by atoms with Crippen molar-refractivity contribution < 1.29 is 9.53 Å². The van der Waals surface area contributed by atoms with Crippen molar-refractivity contribution in [3.63, 3.8) is 0 Å². The van der Waals surface area contributed by atoms with Gasteiger partial charge in [-0.15, -0.1) is 0 Å². The number of carbonyl (C=O) groups is 1. The van der Waals surface area contributed by atoms with Crippen LogP contribution in [0.25, 0.3) is 0 Å². The molecule has 3 heteroatoms. The SMILES string of the molecule is CCC(=O)N(C)CCOCc1ccccc1. The molecule has 16 heavy (non-hydrogen) atoms. The molecule has 0 radical (unpaired) electrons. The van der Waals surface area contributed by atoms with E-state index in [1.807, 2.05) is 37.3 Å². The van der Waals surface area contributed by atoms with Crippen LogP contribution >= 0.6 is 0 Å². The van der Waals surface area contributed by atoms with Crippen molar-refractivity contribution in [1.82, 2.24) is 4.90 Å². The minimum atomic E-state index is 0.156. The quantitative estimate of drug-likeness (QED) is 0.688. The summed E-state index contributed by atoms with van der Waals surface area (Å²) < 4.78 is 5.49. The number of carbonyl (C=O) groups excluding carboxylic acids is 1. The third-order valence-corrected chi connectivity index (χ3v) is 2.41. The average Bonchev–Trinajstić information content (AvgIpc) is 2.34. The van der Waals surface area contributed by atoms with Crippen molar-refractivity contribution in [3.05, 3.63) is 35.9 Å². The lowest BCUT2D eigenvalue weighted by Gasteiger charge is -2.16. The fourth-order valence-corrected chi connectivity index (χ4v) is 1.36. The van der Waals surface area contributed by atoms with E-state index in [2.05, 4.69) is 0 Å². The predicted molar refractivity (Wildman–Crippen MR) is 64.0 cm³/mol. The van der Waals surface area contributed by atoms with Gasteiger partial charge in [0.1, 0.15) is 0 Å². The lowest BCUT2D eigenvalue weighted by molar-refractivity contribution is -0.130. The maximum Gasteiger partial charge on any atom is 0.222 e. The minimum Gasteiger partial charge on any atom is -0.375 e. The fraction of sp³-hybridized carbons (Fsp3) is 0.462. The highest BCUT2D eigenvalue weighted by Crippen LogP contribution is 2.00. The molecule has 1 rings (SSSR count). The zero-order valence-corrected chi connectivity index (χ0v) is 9.98. The van der Waals surface area contributed by atoms with Gasteiger partial charge in [0.05, 0.1) is 13.2 Å². The first-order valence-electron chi connectivity index (χ1n) is 5.59. The number of amides is 1. The van der Waals surface area contributed by atoms with Gasteiger partial charge >= 0.3 is 0 Å². The average molecular weight is 221 g/mol. The molecule has 0 N–H and O–H groups in total. The van der Waals surface area contributed by atoms with Crippen molar-refractivity contribution in [2.24, 2.45) is 0 Å². The van der Waals surface area contributed by atoms with Crippen LogP contribution < -0.4 is 0 Å². The number of ether oxygens (including phenoxy) is 1. The van der Waals surface area contributed by atoms with E-state index in [-0.39, 0.29) is 5.91 Å². The maximum absolute atomic E-state index is 11.2. The highest BCUT2D eigenvalue weighted by Gasteiger charge is 2.04. The first kappa shape index (κ1) is 12.7. The molecule has 0 fully saturated rings. The first-order valence-corrected chi connectivity index (χ1v) is 5.59. The number of hydrogen-bond donors (Lipinski definition) is 0. The van der Waals surface area contributed by atoms with E-state index >= 15 is 0 Å². The molecule has 0 aliphatic heterocycles. The fourth-order valence-electron chi connectivity index (χ4n) is 1.36. The topological polar surface area (TPSA) is 29.5 Å². The number of rotatable bonds is 6. The molecule has 1 aromatic rings. The number of hydrogen-bond acceptors (Lipinski definition) is 2. The van der Waals surface area contributed by atoms with Gasteiger partial charge in [-0.05, 0) is 5.56 Å². The Morgan fingerprint density at radius 2 is 2.00 bits per heavy atom. The van der Waals surface area contributed by atoms with Crippen molar-refractivity contribution >= 4 is 5.91 Å². The second-order valence-electron chi connectivity index (χ2n) is 3.71. The number of benzene rings is 1. The van der Waals surface area contributed by atoms with E-state index in [0.29, 0.717) is 26.2 Å². The Bertz CT molecular complexity index is 311. The van der Waals surface area contributed by atoms with E-state index in [1.54, 1.807) is 11.9 Å². The molecule has 3 nitrogen and oxygen atoms in total. The Morgan fingerprint density at radius 3 is 2.62 bits per heavy atom. The minimum absolute atomic E-state index is 0.156. The molecule has 0 bridgehead atoms. The molecule has 0 aliphatic carbocycles. The van der Waals surface area contributed by atoms with Crippen LogP contribution in [0, 0.1) is 0 Å². The second kappa shape index (κ2) is 7.01. The number of nitrogens with zero attached hydrogens (tertiary/aromatic N) is 1. The summed E-state index contributed by atoms with van der Waals surface area (Å²) in [6, 6.07) is 10.0. The van der Waals surface area contributed by atoms with Crippen LogP contribution in [-0.2, 0) is 16.1 Å². The Balaban J connectivity index is 2.15. The number of likely N-dealkylation sites (N-methyl/N-ethyl adjacent to an activating group) is 1. The van der Waals surface area contributed by atoms with Gasteiger partial charge < -0.3 is 9.64 Å². The zero-order chi connectivity index (χ0) is 11.8. The summed E-state index contributed by atoms with van der Waals surface area (Å²) in [5, 5.41) is 0. The van der Waals surface area contributed by atoms with E-state index < -0.39 is 0 Å². The van der Waals surface area contributed by atoms with Gasteiger partial charge in [-0.1, -0.05) is 37.3 Å². The standard InChI is InChI=1S/C13H19NO2/c1-3-13(15)14(2)9-10-16-11-12-7-5-4-6-8-12/h4-8H,3,9-11H2,1-2H3. The predicted octanol–water partition coefficient (Wildman–Crippen LogP) is 2.07. The van der Waals surface area contributed by atoms with Crippen LogP contribution in [0.5, 0.6) is 0 Å². The second-order valence-corrected chi connectivity index (χ2v) is 3.71. The first-order chi connectivity index (χ1) is 7.74. The molecular weight excluding hydrogens is 202 g/mol. The van der Waals surface area contributed by atoms with Crippen LogP contribution in [0.2, 0.25) is 0 Å². The molecule has 0 heterocycles. The third kappa shape index (κ3) is 4.45. The lowest BCUT2D eigenvalue weighted by Crippen LogP contribution is -2.29. The highest BCUT2D eigenvalue weighted by atomic mass is 16.5. The summed E-state index contributed by atoms with van der Waals surface area (Å²) in [6.07, 6.45) is 0.551. The summed E-state index contributed by atoms with van der Waals surface area (Å²) in [5.74, 6) is 0.156. The molecule has 1 amide bonds. The monoisotopic (exact) mass is 221 g/mol. The molecule has 0 spiro atoms. The summed E-state index contributed by atoms with van der Waals surface area (Å²) in [5.41, 5.74) is 1.16. The van der Waals surface area contributed by atoms with Gasteiger partial charge in [0.25, 0.3) is 0 Å². The molecule has 0 atom stereocenters. The Kier molecular flexibility index (Phi) is 5.57. The summed E-state index contributed by atoms with van der Waals surface area (Å²) in [4.78, 5) is 12.9. The van der Waals surface area contributed by atoms with Gasteiger partial charge in [-0.25, -0.2) is 0 Å². The van der Waals surface area contributed by atoms with Crippen LogP contribution in [0.15, 0.2) is 30.3 Å². The van der Waals surface area contributed by atoms with E-state index in [9.17, 15) is 4.79 Å². The summed E-state index contributed by atoms with van der Waals surface area (Å²) in [7, 11) is 1.80. The van der Waals surface area contributed by atoms with Gasteiger partial charge in [0.15, 0.2) is 0 Å². The maximum atomic E-state index is 11.2. The van der Waals surface area contributed by atoms with Gasteiger partial charge in [-0.2, -0.15) is 0 Å². The summed E-state index contributed by atoms with van der Waals surface area (Å²) >= 11 is 0. The van der Waals surface area contributed by atoms with Crippen molar-refractivity contribution in [3.8, 4) is 0 Å². The molecular formula is C13H19NO2.